The highest BCUT2D eigenvalue weighted by Crippen LogP contribution is 2.40. The maximum Gasteiger partial charge on any atom is 0.265 e. The molecule has 2 aliphatic rings. The monoisotopic (exact) mass is 479 g/mol. The Labute approximate surface area is 201 Å². The van der Waals surface area contributed by atoms with Crippen LogP contribution in [0.25, 0.3) is 11.1 Å². The summed E-state index contributed by atoms with van der Waals surface area (Å²) in [5.41, 5.74) is 2.69. The number of halogens is 2. The summed E-state index contributed by atoms with van der Waals surface area (Å²) >= 11 is 6.42. The van der Waals surface area contributed by atoms with Crippen molar-refractivity contribution in [1.29, 1.82) is 5.26 Å². The highest BCUT2D eigenvalue weighted by Gasteiger charge is 2.39. The molecule has 0 bridgehead atoms. The number of carbonyl (C=O) groups is 1. The molecule has 5 rings (SSSR count). The van der Waals surface area contributed by atoms with E-state index in [0.29, 0.717) is 49.7 Å². The summed E-state index contributed by atoms with van der Waals surface area (Å²) in [7, 11) is 0. The molecule has 2 aromatic carbocycles. The number of fused-ring (bicyclic) bond motifs is 1. The van der Waals surface area contributed by atoms with E-state index in [0.717, 1.165) is 22.4 Å². The number of likely N-dealkylation sites (tertiary alicyclic amines) is 1. The molecule has 1 saturated heterocycles. The van der Waals surface area contributed by atoms with Crippen molar-refractivity contribution in [3.8, 4) is 22.9 Å². The summed E-state index contributed by atoms with van der Waals surface area (Å²) in [4.78, 5) is 15.0. The van der Waals surface area contributed by atoms with Gasteiger partial charge in [-0.25, -0.2) is 4.39 Å². The van der Waals surface area contributed by atoms with Crippen LogP contribution in [-0.2, 0) is 11.2 Å². The van der Waals surface area contributed by atoms with Crippen molar-refractivity contribution in [3.05, 3.63) is 71.4 Å². The lowest BCUT2D eigenvalue weighted by atomic mass is 9.75. The lowest BCUT2D eigenvalue weighted by Crippen LogP contribution is -2.51. The van der Waals surface area contributed by atoms with Gasteiger partial charge in [-0.1, -0.05) is 23.7 Å². The Balaban J connectivity index is 1.25. The number of rotatable bonds is 4. The van der Waals surface area contributed by atoms with Gasteiger partial charge >= 0.3 is 0 Å². The summed E-state index contributed by atoms with van der Waals surface area (Å²) in [6.45, 7) is 1.28. The van der Waals surface area contributed by atoms with Crippen molar-refractivity contribution in [3.63, 3.8) is 0 Å². The highest BCUT2D eigenvalue weighted by molar-refractivity contribution is 6.33. The van der Waals surface area contributed by atoms with Gasteiger partial charge in [0.05, 0.1) is 41.3 Å². The van der Waals surface area contributed by atoms with Gasteiger partial charge in [0.15, 0.2) is 6.10 Å². The third-order valence-corrected chi connectivity index (χ3v) is 6.96. The number of amides is 1. The van der Waals surface area contributed by atoms with Crippen LogP contribution in [0.4, 0.5) is 10.1 Å². The van der Waals surface area contributed by atoms with E-state index in [1.807, 2.05) is 12.1 Å². The highest BCUT2D eigenvalue weighted by atomic mass is 35.5. The van der Waals surface area contributed by atoms with Gasteiger partial charge < -0.3 is 19.4 Å². The van der Waals surface area contributed by atoms with Gasteiger partial charge in [-0.15, -0.1) is 0 Å². The molecule has 0 spiro atoms. The van der Waals surface area contributed by atoms with Gasteiger partial charge in [0.1, 0.15) is 11.6 Å². The van der Waals surface area contributed by atoms with E-state index in [-0.39, 0.29) is 11.7 Å². The Bertz CT molecular complexity index is 1230. The van der Waals surface area contributed by atoms with E-state index in [1.165, 1.54) is 12.1 Å². The minimum absolute atomic E-state index is 0.105. The van der Waals surface area contributed by atoms with Gasteiger partial charge in [-0.2, -0.15) is 5.26 Å². The summed E-state index contributed by atoms with van der Waals surface area (Å²) in [6, 6.07) is 14.1. The molecule has 2 aliphatic heterocycles. The van der Waals surface area contributed by atoms with Crippen LogP contribution >= 0.6 is 11.6 Å². The van der Waals surface area contributed by atoms with Gasteiger partial charge in [-0.05, 0) is 55.2 Å². The first-order valence-corrected chi connectivity index (χ1v) is 11.6. The summed E-state index contributed by atoms with van der Waals surface area (Å²) in [5.74, 6) is 0.160. The van der Waals surface area contributed by atoms with E-state index in [4.69, 9.17) is 20.8 Å². The maximum absolute atomic E-state index is 13.2. The Hall–Kier alpha value is -3.50. The van der Waals surface area contributed by atoms with Crippen molar-refractivity contribution < 1.29 is 18.3 Å². The Morgan fingerprint density at radius 1 is 1.24 bits per heavy atom. The zero-order chi connectivity index (χ0) is 23.7. The zero-order valence-corrected chi connectivity index (χ0v) is 19.1. The number of ether oxygens (including phenoxy) is 1. The van der Waals surface area contributed by atoms with Crippen molar-refractivity contribution in [2.45, 2.75) is 25.4 Å². The lowest BCUT2D eigenvalue weighted by Gasteiger charge is -2.39. The van der Waals surface area contributed by atoms with Gasteiger partial charge in [0, 0.05) is 24.2 Å². The van der Waals surface area contributed by atoms with Crippen LogP contribution in [0.15, 0.2) is 59.4 Å². The molecule has 3 heterocycles. The number of nitrogens with zero attached hydrogens (tertiary/aromatic N) is 2. The molecule has 3 aromatic rings. The Kier molecular flexibility index (Phi) is 5.93. The minimum atomic E-state index is -0.669. The molecule has 8 heteroatoms. The fraction of sp³-hybridized carbons (Fsp3) is 0.308. The first kappa shape index (κ1) is 22.3. The molecule has 1 atom stereocenters. The Morgan fingerprint density at radius 2 is 2.00 bits per heavy atom. The quantitative estimate of drug-likeness (QED) is 0.550. The second-order valence-electron chi connectivity index (χ2n) is 8.85. The van der Waals surface area contributed by atoms with E-state index < -0.39 is 11.5 Å². The van der Waals surface area contributed by atoms with Crippen LogP contribution in [0.5, 0.6) is 5.75 Å². The van der Waals surface area contributed by atoms with Gasteiger partial charge in [0.2, 0.25) is 0 Å². The normalized spacial score (nSPS) is 18.9. The zero-order valence-electron chi connectivity index (χ0n) is 18.4. The lowest BCUT2D eigenvalue weighted by molar-refractivity contribution is -0.140. The SMILES string of the molecule is N#CC1(Cc2ccc(F)cc2)CCN(C(=O)C2CNc3cc(Cl)c(-c4ccoc4)cc3O2)CC1. The molecular formula is C26H23ClFN3O3. The largest absolute Gasteiger partial charge is 0.477 e. The van der Waals surface area contributed by atoms with Crippen LogP contribution in [0.2, 0.25) is 5.02 Å². The molecule has 34 heavy (non-hydrogen) atoms. The number of nitriles is 1. The molecule has 1 N–H and O–H groups in total. The first-order chi connectivity index (χ1) is 16.5. The van der Waals surface area contributed by atoms with Crippen LogP contribution < -0.4 is 10.1 Å². The number of carbonyl (C=O) groups excluding carboxylic acids is 1. The molecular weight excluding hydrogens is 457 g/mol. The van der Waals surface area contributed by atoms with Gasteiger partial charge in [-0.3, -0.25) is 4.79 Å². The standard InChI is InChI=1S/C26H23ClFN3O3/c27-21-12-22-23(11-20(21)18-5-10-33-15-18)34-24(14-30-22)25(32)31-8-6-26(16-29,7-9-31)13-17-1-3-19(28)4-2-17/h1-5,10-12,15,24,30H,6-9,13-14H2. The number of anilines is 1. The summed E-state index contributed by atoms with van der Waals surface area (Å²) < 4.78 is 24.5. The Morgan fingerprint density at radius 3 is 2.68 bits per heavy atom. The second kappa shape index (κ2) is 9.03. The molecule has 1 aromatic heterocycles. The number of furan rings is 1. The molecule has 0 saturated carbocycles. The van der Waals surface area contributed by atoms with Crippen molar-refractivity contribution in [1.82, 2.24) is 4.90 Å². The number of benzene rings is 2. The predicted octanol–water partition coefficient (Wildman–Crippen LogP) is 5.29. The molecule has 1 fully saturated rings. The van der Waals surface area contributed by atoms with E-state index in [1.54, 1.807) is 35.6 Å². The summed E-state index contributed by atoms with van der Waals surface area (Å²) in [6.07, 6.45) is 4.17. The van der Waals surface area contributed by atoms with Crippen LogP contribution in [0.1, 0.15) is 18.4 Å². The average molecular weight is 480 g/mol. The maximum atomic E-state index is 13.2. The van der Waals surface area contributed by atoms with E-state index >= 15 is 0 Å². The fourth-order valence-electron chi connectivity index (χ4n) is 4.64. The first-order valence-electron chi connectivity index (χ1n) is 11.2. The third kappa shape index (κ3) is 4.34. The topological polar surface area (TPSA) is 78.5 Å². The number of hydrogen-bond acceptors (Lipinski definition) is 5. The second-order valence-corrected chi connectivity index (χ2v) is 9.26. The average Bonchev–Trinajstić information content (AvgIpc) is 3.39. The molecule has 1 unspecified atom stereocenters. The van der Waals surface area contributed by atoms with Crippen LogP contribution in [-0.4, -0.2) is 36.5 Å². The smallest absolute Gasteiger partial charge is 0.265 e. The molecule has 1 amide bonds. The van der Waals surface area contributed by atoms with Crippen molar-refractivity contribution in [2.24, 2.45) is 5.41 Å². The van der Waals surface area contributed by atoms with Crippen LogP contribution in [0.3, 0.4) is 0 Å². The number of piperidine rings is 1. The predicted molar refractivity (Wildman–Crippen MR) is 126 cm³/mol. The van der Waals surface area contributed by atoms with Crippen molar-refractivity contribution in [2.75, 3.05) is 25.0 Å². The fourth-order valence-corrected chi connectivity index (χ4v) is 4.92. The third-order valence-electron chi connectivity index (χ3n) is 6.65. The van der Waals surface area contributed by atoms with Crippen molar-refractivity contribution >= 4 is 23.2 Å². The molecule has 6 nitrogen and oxygen atoms in total. The van der Waals surface area contributed by atoms with Crippen LogP contribution in [0, 0.1) is 22.6 Å². The number of hydrogen-bond donors (Lipinski definition) is 1. The number of nitrogens with one attached hydrogen (secondary N) is 1. The molecule has 0 radical (unpaired) electrons. The van der Waals surface area contributed by atoms with E-state index in [2.05, 4.69) is 11.4 Å². The minimum Gasteiger partial charge on any atom is -0.477 e. The molecule has 0 aliphatic carbocycles. The van der Waals surface area contributed by atoms with Gasteiger partial charge in [0.25, 0.3) is 5.91 Å². The summed E-state index contributed by atoms with van der Waals surface area (Å²) in [5, 5.41) is 13.7. The molecule has 174 valence electrons. The van der Waals surface area contributed by atoms with E-state index in [9.17, 15) is 14.4 Å².